The van der Waals surface area contributed by atoms with Crippen molar-refractivity contribution < 1.29 is 9.53 Å². The number of amides is 1. The van der Waals surface area contributed by atoms with E-state index in [0.29, 0.717) is 11.4 Å². The lowest BCUT2D eigenvalue weighted by Gasteiger charge is -2.19. The molecule has 5 aromatic rings. The van der Waals surface area contributed by atoms with Crippen LogP contribution in [0.4, 0.5) is 0 Å². The minimum absolute atomic E-state index is 0.143. The Morgan fingerprint density at radius 2 is 1.91 bits per heavy atom. The molecule has 1 unspecified atom stereocenters. The van der Waals surface area contributed by atoms with Crippen molar-refractivity contribution in [3.8, 4) is 5.75 Å². The highest BCUT2D eigenvalue weighted by molar-refractivity contribution is 7.20. The number of nitrogens with zero attached hydrogens (tertiary/aromatic N) is 4. The third-order valence-electron chi connectivity index (χ3n) is 5.85. The van der Waals surface area contributed by atoms with Crippen LogP contribution in [0.3, 0.4) is 0 Å². The zero-order valence-corrected chi connectivity index (χ0v) is 20.0. The number of ether oxygens (including phenoxy) is 1. The summed E-state index contributed by atoms with van der Waals surface area (Å²) in [5.41, 5.74) is 3.01. The molecule has 3 heterocycles. The first-order valence-corrected chi connectivity index (χ1v) is 11.8. The quantitative estimate of drug-likeness (QED) is 0.373. The van der Waals surface area contributed by atoms with Gasteiger partial charge in [0.15, 0.2) is 0 Å². The van der Waals surface area contributed by atoms with E-state index in [1.165, 1.54) is 16.9 Å². The van der Waals surface area contributed by atoms with Gasteiger partial charge in [0.25, 0.3) is 5.91 Å². The fourth-order valence-corrected chi connectivity index (χ4v) is 5.10. The van der Waals surface area contributed by atoms with Gasteiger partial charge in [-0.25, -0.2) is 4.98 Å². The lowest BCUT2D eigenvalue weighted by molar-refractivity contribution is 0.0945. The SMILES string of the molecule is COc1ccc(C(NC(=O)c2cc3c(C)nn(Cc4ccccc4)c3s2)c2nccn2C)cc1. The molecule has 1 amide bonds. The second-order valence-electron chi connectivity index (χ2n) is 8.13. The highest BCUT2D eigenvalue weighted by atomic mass is 32.1. The number of carbonyl (C=O) groups is 1. The number of hydrogen-bond donors (Lipinski definition) is 1. The number of aryl methyl sites for hydroxylation is 2. The number of nitrogens with one attached hydrogen (secondary N) is 1. The molecule has 5 rings (SSSR count). The Labute approximate surface area is 201 Å². The van der Waals surface area contributed by atoms with Gasteiger partial charge in [0.05, 0.1) is 24.2 Å². The van der Waals surface area contributed by atoms with Crippen molar-refractivity contribution >= 4 is 27.5 Å². The molecule has 0 saturated carbocycles. The predicted molar refractivity (Wildman–Crippen MR) is 133 cm³/mol. The predicted octanol–water partition coefficient (Wildman–Crippen LogP) is 4.72. The molecule has 34 heavy (non-hydrogen) atoms. The number of hydrogen-bond acceptors (Lipinski definition) is 5. The van der Waals surface area contributed by atoms with Crippen molar-refractivity contribution in [2.45, 2.75) is 19.5 Å². The van der Waals surface area contributed by atoms with Crippen LogP contribution in [0.5, 0.6) is 5.75 Å². The molecule has 3 aromatic heterocycles. The third kappa shape index (κ3) is 4.20. The summed E-state index contributed by atoms with van der Waals surface area (Å²) in [7, 11) is 3.56. The molecule has 7 nitrogen and oxygen atoms in total. The molecular formula is C26H25N5O2S. The summed E-state index contributed by atoms with van der Waals surface area (Å²) in [5.74, 6) is 1.37. The van der Waals surface area contributed by atoms with Gasteiger partial charge in [0.2, 0.25) is 0 Å². The van der Waals surface area contributed by atoms with Gasteiger partial charge in [-0.05, 0) is 36.2 Å². The summed E-state index contributed by atoms with van der Waals surface area (Å²) in [6.45, 7) is 2.64. The number of thiophene rings is 1. The van der Waals surface area contributed by atoms with Crippen molar-refractivity contribution in [2.75, 3.05) is 7.11 Å². The molecule has 0 spiro atoms. The van der Waals surface area contributed by atoms with Crippen LogP contribution in [0, 0.1) is 6.92 Å². The van der Waals surface area contributed by atoms with E-state index in [1.54, 1.807) is 13.3 Å². The number of rotatable bonds is 7. The third-order valence-corrected chi connectivity index (χ3v) is 6.99. The summed E-state index contributed by atoms with van der Waals surface area (Å²) < 4.78 is 9.18. The minimum Gasteiger partial charge on any atom is -0.497 e. The number of fused-ring (bicyclic) bond motifs is 1. The fraction of sp³-hybridized carbons (Fsp3) is 0.192. The van der Waals surface area contributed by atoms with Crippen LogP contribution in [0.2, 0.25) is 0 Å². The van der Waals surface area contributed by atoms with Gasteiger partial charge in [-0.1, -0.05) is 42.5 Å². The molecule has 1 atom stereocenters. The van der Waals surface area contributed by atoms with Crippen LogP contribution >= 0.6 is 11.3 Å². The number of carbonyl (C=O) groups excluding carboxylic acids is 1. The molecule has 0 aliphatic rings. The second-order valence-corrected chi connectivity index (χ2v) is 9.16. The van der Waals surface area contributed by atoms with Gasteiger partial charge in [-0.2, -0.15) is 5.10 Å². The van der Waals surface area contributed by atoms with Crippen LogP contribution in [0.25, 0.3) is 10.2 Å². The minimum atomic E-state index is -0.398. The number of methoxy groups -OCH3 is 1. The van der Waals surface area contributed by atoms with Crippen LogP contribution in [0.15, 0.2) is 73.1 Å². The van der Waals surface area contributed by atoms with Crippen LogP contribution in [-0.2, 0) is 13.6 Å². The standard InChI is InChI=1S/C26H25N5O2S/c1-17-21-15-22(34-26(21)31(29-17)16-18-7-5-4-6-8-18)25(32)28-23(24-27-13-14-30(24)2)19-9-11-20(33-3)12-10-19/h4-15,23H,16H2,1-3H3,(H,28,32). The largest absolute Gasteiger partial charge is 0.497 e. The van der Waals surface area contributed by atoms with Gasteiger partial charge in [-0.3, -0.25) is 9.48 Å². The first-order valence-electron chi connectivity index (χ1n) is 11.0. The van der Waals surface area contributed by atoms with E-state index in [0.717, 1.165) is 33.0 Å². The van der Waals surface area contributed by atoms with Crippen molar-refractivity contribution in [1.82, 2.24) is 24.6 Å². The number of benzene rings is 2. The zero-order chi connectivity index (χ0) is 23.7. The molecule has 2 aromatic carbocycles. The normalized spacial score (nSPS) is 12.1. The fourth-order valence-electron chi connectivity index (χ4n) is 4.04. The molecular weight excluding hydrogens is 446 g/mol. The smallest absolute Gasteiger partial charge is 0.262 e. The van der Waals surface area contributed by atoms with Crippen molar-refractivity contribution in [2.24, 2.45) is 7.05 Å². The molecule has 8 heteroatoms. The lowest BCUT2D eigenvalue weighted by atomic mass is 10.1. The van der Waals surface area contributed by atoms with Crippen LogP contribution in [0.1, 0.15) is 38.4 Å². The average molecular weight is 472 g/mol. The highest BCUT2D eigenvalue weighted by Crippen LogP contribution is 2.30. The molecule has 0 aliphatic carbocycles. The maximum Gasteiger partial charge on any atom is 0.262 e. The molecule has 0 radical (unpaired) electrons. The Kier molecular flexibility index (Phi) is 5.90. The van der Waals surface area contributed by atoms with E-state index in [2.05, 4.69) is 22.4 Å². The second kappa shape index (κ2) is 9.15. The summed E-state index contributed by atoms with van der Waals surface area (Å²) in [6, 6.07) is 19.4. The maximum atomic E-state index is 13.4. The van der Waals surface area contributed by atoms with Crippen molar-refractivity contribution in [1.29, 1.82) is 0 Å². The lowest BCUT2D eigenvalue weighted by Crippen LogP contribution is -2.30. The average Bonchev–Trinajstić information content (AvgIpc) is 3.56. The molecule has 0 fully saturated rings. The first kappa shape index (κ1) is 21.9. The van der Waals surface area contributed by atoms with Crippen LogP contribution < -0.4 is 10.1 Å². The summed E-state index contributed by atoms with van der Waals surface area (Å²) in [6.07, 6.45) is 3.61. The van der Waals surface area contributed by atoms with Crippen molar-refractivity contribution in [3.63, 3.8) is 0 Å². The molecule has 0 bridgehead atoms. The summed E-state index contributed by atoms with van der Waals surface area (Å²) >= 11 is 1.46. The van der Waals surface area contributed by atoms with Gasteiger partial charge in [0, 0.05) is 24.8 Å². The van der Waals surface area contributed by atoms with E-state index in [1.807, 2.05) is 77.9 Å². The topological polar surface area (TPSA) is 74.0 Å². The Bertz CT molecular complexity index is 1430. The Morgan fingerprint density at radius 3 is 2.59 bits per heavy atom. The number of aromatic nitrogens is 4. The van der Waals surface area contributed by atoms with Gasteiger partial charge in [-0.15, -0.1) is 11.3 Å². The summed E-state index contributed by atoms with van der Waals surface area (Å²) in [5, 5.41) is 8.88. The Hall–Kier alpha value is -3.91. The molecule has 172 valence electrons. The Balaban J connectivity index is 1.45. The monoisotopic (exact) mass is 471 g/mol. The molecule has 1 N–H and O–H groups in total. The van der Waals surface area contributed by atoms with E-state index < -0.39 is 6.04 Å². The first-order chi connectivity index (χ1) is 16.5. The van der Waals surface area contributed by atoms with Gasteiger partial charge in [0.1, 0.15) is 22.4 Å². The van der Waals surface area contributed by atoms with Crippen LogP contribution in [-0.4, -0.2) is 32.3 Å². The van der Waals surface area contributed by atoms with E-state index in [9.17, 15) is 4.79 Å². The van der Waals surface area contributed by atoms with Gasteiger partial charge >= 0.3 is 0 Å². The van der Waals surface area contributed by atoms with Gasteiger partial charge < -0.3 is 14.6 Å². The Morgan fingerprint density at radius 1 is 1.15 bits per heavy atom. The molecule has 0 aliphatic heterocycles. The van der Waals surface area contributed by atoms with Crippen molar-refractivity contribution in [3.05, 3.63) is 101 Å². The highest BCUT2D eigenvalue weighted by Gasteiger charge is 2.24. The van der Waals surface area contributed by atoms with E-state index >= 15 is 0 Å². The van der Waals surface area contributed by atoms with E-state index in [4.69, 9.17) is 9.84 Å². The van der Waals surface area contributed by atoms with E-state index in [-0.39, 0.29) is 5.91 Å². The molecule has 0 saturated heterocycles. The summed E-state index contributed by atoms with van der Waals surface area (Å²) in [4.78, 5) is 19.5. The number of imidazole rings is 1. The zero-order valence-electron chi connectivity index (χ0n) is 19.2. The maximum absolute atomic E-state index is 13.4.